The molecule has 0 spiro atoms. The lowest BCUT2D eigenvalue weighted by Crippen LogP contribution is -2.49. The van der Waals surface area contributed by atoms with Gasteiger partial charge in [-0.1, -0.05) is 12.8 Å². The van der Waals surface area contributed by atoms with Crippen molar-refractivity contribution in [3.63, 3.8) is 0 Å². The second kappa shape index (κ2) is 4.42. The van der Waals surface area contributed by atoms with Gasteiger partial charge in [0.1, 0.15) is 5.41 Å². The van der Waals surface area contributed by atoms with E-state index in [4.69, 9.17) is 4.74 Å². The maximum Gasteiger partial charge on any atom is 0.243 e. The number of carbonyl (C=O) groups excluding carboxylic acids is 1. The minimum absolute atomic E-state index is 0.0302. The summed E-state index contributed by atoms with van der Waals surface area (Å²) in [5, 5.41) is 9.25. The Morgan fingerprint density at radius 2 is 2.19 bits per heavy atom. The van der Waals surface area contributed by atoms with Crippen LogP contribution in [0.1, 0.15) is 32.6 Å². The van der Waals surface area contributed by atoms with E-state index in [0.717, 1.165) is 25.7 Å². The normalized spacial score (nSPS) is 28.8. The van der Waals surface area contributed by atoms with Gasteiger partial charge in [0.05, 0.1) is 18.8 Å². The van der Waals surface area contributed by atoms with Crippen molar-refractivity contribution in [3.05, 3.63) is 0 Å². The SMILES string of the molecule is C[C@@H]1CN(C(=O)C2(C#N)CCCC2)CCO1. The second-order valence-electron chi connectivity index (χ2n) is 4.83. The Balaban J connectivity index is 2.08. The highest BCUT2D eigenvalue weighted by molar-refractivity contribution is 5.86. The van der Waals surface area contributed by atoms with E-state index in [1.165, 1.54) is 0 Å². The number of nitriles is 1. The third kappa shape index (κ3) is 1.92. The van der Waals surface area contributed by atoms with E-state index in [9.17, 15) is 10.1 Å². The van der Waals surface area contributed by atoms with E-state index >= 15 is 0 Å². The molecule has 2 fully saturated rings. The lowest BCUT2D eigenvalue weighted by atomic mass is 9.86. The summed E-state index contributed by atoms with van der Waals surface area (Å²) in [5.74, 6) is 0.0302. The lowest BCUT2D eigenvalue weighted by molar-refractivity contribution is -0.145. The number of hydrogen-bond acceptors (Lipinski definition) is 3. The molecule has 1 aliphatic heterocycles. The van der Waals surface area contributed by atoms with Crippen LogP contribution in [0.2, 0.25) is 0 Å². The first-order chi connectivity index (χ1) is 7.68. The van der Waals surface area contributed by atoms with Gasteiger partial charge in [-0.25, -0.2) is 0 Å². The average Bonchev–Trinajstić information content (AvgIpc) is 2.78. The van der Waals surface area contributed by atoms with Crippen molar-refractivity contribution in [1.82, 2.24) is 4.90 Å². The van der Waals surface area contributed by atoms with E-state index < -0.39 is 5.41 Å². The van der Waals surface area contributed by atoms with Crippen LogP contribution in [0.5, 0.6) is 0 Å². The monoisotopic (exact) mass is 222 g/mol. The molecule has 1 saturated heterocycles. The molecule has 2 aliphatic rings. The molecule has 4 heteroatoms. The second-order valence-corrected chi connectivity index (χ2v) is 4.83. The Morgan fingerprint density at radius 1 is 1.50 bits per heavy atom. The molecule has 1 amide bonds. The molecule has 0 bridgehead atoms. The number of hydrogen-bond donors (Lipinski definition) is 0. The summed E-state index contributed by atoms with van der Waals surface area (Å²) in [4.78, 5) is 14.2. The summed E-state index contributed by atoms with van der Waals surface area (Å²) in [7, 11) is 0. The van der Waals surface area contributed by atoms with E-state index in [-0.39, 0.29) is 12.0 Å². The van der Waals surface area contributed by atoms with Crippen molar-refractivity contribution >= 4 is 5.91 Å². The van der Waals surface area contributed by atoms with Gasteiger partial charge in [-0.15, -0.1) is 0 Å². The van der Waals surface area contributed by atoms with Crippen molar-refractivity contribution in [2.24, 2.45) is 5.41 Å². The van der Waals surface area contributed by atoms with Crippen LogP contribution in [0.15, 0.2) is 0 Å². The predicted molar refractivity (Wildman–Crippen MR) is 58.5 cm³/mol. The van der Waals surface area contributed by atoms with Gasteiger partial charge in [-0.3, -0.25) is 4.79 Å². The summed E-state index contributed by atoms with van der Waals surface area (Å²) in [6.45, 7) is 3.82. The molecular formula is C12H18N2O2. The quantitative estimate of drug-likeness (QED) is 0.672. The molecule has 0 aromatic carbocycles. The Kier molecular flexibility index (Phi) is 3.15. The van der Waals surface area contributed by atoms with Gasteiger partial charge in [0, 0.05) is 13.1 Å². The molecule has 2 rings (SSSR count). The molecule has 0 N–H and O–H groups in total. The zero-order valence-corrected chi connectivity index (χ0v) is 9.74. The maximum absolute atomic E-state index is 12.3. The molecule has 1 atom stereocenters. The van der Waals surface area contributed by atoms with Crippen LogP contribution in [-0.2, 0) is 9.53 Å². The third-order valence-corrected chi connectivity index (χ3v) is 3.61. The van der Waals surface area contributed by atoms with E-state index in [2.05, 4.69) is 6.07 Å². The molecule has 4 nitrogen and oxygen atoms in total. The van der Waals surface area contributed by atoms with Gasteiger partial charge in [0.2, 0.25) is 5.91 Å². The molecule has 0 aromatic heterocycles. The summed E-state index contributed by atoms with van der Waals surface area (Å²) >= 11 is 0. The van der Waals surface area contributed by atoms with Crippen molar-refractivity contribution in [3.8, 4) is 6.07 Å². The largest absolute Gasteiger partial charge is 0.375 e. The predicted octanol–water partition coefficient (Wildman–Crippen LogP) is 1.32. The molecule has 1 aliphatic carbocycles. The Labute approximate surface area is 96.2 Å². The van der Waals surface area contributed by atoms with E-state index in [0.29, 0.717) is 19.7 Å². The number of ether oxygens (including phenoxy) is 1. The third-order valence-electron chi connectivity index (χ3n) is 3.61. The molecule has 0 unspecified atom stereocenters. The fourth-order valence-electron chi connectivity index (χ4n) is 2.66. The van der Waals surface area contributed by atoms with E-state index in [1.807, 2.05) is 11.8 Å². The number of carbonyl (C=O) groups is 1. The molecule has 16 heavy (non-hydrogen) atoms. The van der Waals surface area contributed by atoms with Gasteiger partial charge >= 0.3 is 0 Å². The van der Waals surface area contributed by atoms with Crippen LogP contribution < -0.4 is 0 Å². The standard InChI is InChI=1S/C12H18N2O2/c1-10-8-14(6-7-16-10)11(15)12(9-13)4-2-3-5-12/h10H,2-8H2,1H3/t10-/m1/s1. The molecule has 1 heterocycles. The minimum atomic E-state index is -0.725. The summed E-state index contributed by atoms with van der Waals surface area (Å²) in [6.07, 6.45) is 3.55. The topological polar surface area (TPSA) is 53.3 Å². The van der Waals surface area contributed by atoms with Crippen molar-refractivity contribution in [1.29, 1.82) is 5.26 Å². The van der Waals surface area contributed by atoms with Gasteiger partial charge in [0.15, 0.2) is 0 Å². The number of nitrogens with zero attached hydrogens (tertiary/aromatic N) is 2. The minimum Gasteiger partial charge on any atom is -0.375 e. The molecule has 0 aromatic rings. The first-order valence-electron chi connectivity index (χ1n) is 6.00. The average molecular weight is 222 g/mol. The van der Waals surface area contributed by atoms with Crippen molar-refractivity contribution in [2.75, 3.05) is 19.7 Å². The zero-order chi connectivity index (χ0) is 11.6. The van der Waals surface area contributed by atoms with Crippen molar-refractivity contribution in [2.45, 2.75) is 38.7 Å². The number of morpholine rings is 1. The maximum atomic E-state index is 12.3. The Hall–Kier alpha value is -1.08. The Bertz CT molecular complexity index is 315. The van der Waals surface area contributed by atoms with Crippen LogP contribution in [0, 0.1) is 16.7 Å². The molecule has 88 valence electrons. The highest BCUT2D eigenvalue weighted by Crippen LogP contribution is 2.39. The molecule has 0 radical (unpaired) electrons. The molecule has 1 saturated carbocycles. The summed E-state index contributed by atoms with van der Waals surface area (Å²) in [5.41, 5.74) is -0.725. The van der Waals surface area contributed by atoms with Crippen LogP contribution >= 0.6 is 0 Å². The van der Waals surface area contributed by atoms with Crippen LogP contribution in [0.25, 0.3) is 0 Å². The van der Waals surface area contributed by atoms with Crippen molar-refractivity contribution < 1.29 is 9.53 Å². The highest BCUT2D eigenvalue weighted by atomic mass is 16.5. The van der Waals surface area contributed by atoms with Gasteiger partial charge < -0.3 is 9.64 Å². The lowest BCUT2D eigenvalue weighted by Gasteiger charge is -2.35. The van der Waals surface area contributed by atoms with Gasteiger partial charge in [-0.05, 0) is 19.8 Å². The van der Waals surface area contributed by atoms with Crippen LogP contribution in [-0.4, -0.2) is 36.6 Å². The smallest absolute Gasteiger partial charge is 0.243 e. The summed E-state index contributed by atoms with van der Waals surface area (Å²) in [6, 6.07) is 2.26. The first kappa shape index (κ1) is 11.4. The molecular weight excluding hydrogens is 204 g/mol. The fourth-order valence-corrected chi connectivity index (χ4v) is 2.66. The fraction of sp³-hybridized carbons (Fsp3) is 0.833. The zero-order valence-electron chi connectivity index (χ0n) is 9.74. The van der Waals surface area contributed by atoms with Crippen LogP contribution in [0.4, 0.5) is 0 Å². The van der Waals surface area contributed by atoms with E-state index in [1.54, 1.807) is 0 Å². The van der Waals surface area contributed by atoms with Crippen LogP contribution in [0.3, 0.4) is 0 Å². The number of amides is 1. The number of rotatable bonds is 1. The summed E-state index contributed by atoms with van der Waals surface area (Å²) < 4.78 is 5.41. The first-order valence-corrected chi connectivity index (χ1v) is 6.00. The van der Waals surface area contributed by atoms with Gasteiger partial charge in [-0.2, -0.15) is 5.26 Å². The highest BCUT2D eigenvalue weighted by Gasteiger charge is 2.44. The van der Waals surface area contributed by atoms with Gasteiger partial charge in [0.25, 0.3) is 0 Å². The Morgan fingerprint density at radius 3 is 2.75 bits per heavy atom.